The molecular weight excluding hydrogens is 426 g/mol. The number of hydrogen-bond acceptors (Lipinski definition) is 7. The lowest BCUT2D eigenvalue weighted by Crippen LogP contribution is -2.15. The highest BCUT2D eigenvalue weighted by Gasteiger charge is 2.14. The Kier molecular flexibility index (Phi) is 8.82. The fourth-order valence-electron chi connectivity index (χ4n) is 2.31. The van der Waals surface area contributed by atoms with Crippen molar-refractivity contribution in [2.24, 2.45) is 9.39 Å². The Morgan fingerprint density at radius 2 is 1.93 bits per heavy atom. The monoisotopic (exact) mass is 450 g/mol. The maximum atomic E-state index is 12.5. The van der Waals surface area contributed by atoms with Crippen LogP contribution in [-0.4, -0.2) is 63.5 Å². The van der Waals surface area contributed by atoms with E-state index in [1.54, 1.807) is 12.1 Å². The summed E-state index contributed by atoms with van der Waals surface area (Å²) in [6.45, 7) is 2.82. The summed E-state index contributed by atoms with van der Waals surface area (Å²) in [5.41, 5.74) is 0.288. The molecule has 0 amide bonds. The number of thioether (sulfide) groups is 1. The van der Waals surface area contributed by atoms with Gasteiger partial charge in [-0.2, -0.15) is 8.42 Å². The highest BCUT2D eigenvalue weighted by atomic mass is 32.2. The van der Waals surface area contributed by atoms with Crippen LogP contribution in [0.5, 0.6) is 5.75 Å². The van der Waals surface area contributed by atoms with Gasteiger partial charge < -0.3 is 14.7 Å². The molecule has 1 aliphatic rings. The molecule has 0 aromatic heterocycles. The van der Waals surface area contributed by atoms with E-state index in [1.807, 2.05) is 14.1 Å². The number of ether oxygens (including phenoxy) is 1. The van der Waals surface area contributed by atoms with Gasteiger partial charge in [0.05, 0.1) is 11.5 Å². The first-order valence-corrected chi connectivity index (χ1v) is 11.6. The predicted octanol–water partition coefficient (Wildman–Crippen LogP) is 1.64. The maximum Gasteiger partial charge on any atom is 0.284 e. The van der Waals surface area contributed by atoms with Crippen LogP contribution in [0.4, 0.5) is 0 Å². The van der Waals surface area contributed by atoms with E-state index in [0.29, 0.717) is 12.4 Å². The normalized spacial score (nSPS) is 16.9. The van der Waals surface area contributed by atoms with E-state index < -0.39 is 10.0 Å². The first-order chi connectivity index (χ1) is 14.2. The molecule has 0 N–H and O–H groups in total. The van der Waals surface area contributed by atoms with Gasteiger partial charge in [0.25, 0.3) is 10.0 Å². The number of carbonyl (C=O) groups is 1. The molecule has 0 atom stereocenters. The molecule has 30 heavy (non-hydrogen) atoms. The molecule has 0 saturated carbocycles. The number of dihydropyridines is 1. The quantitative estimate of drug-likeness (QED) is 0.415. The Labute approximate surface area is 181 Å². The minimum Gasteiger partial charge on any atom is -0.874 e. The van der Waals surface area contributed by atoms with Crippen molar-refractivity contribution in [2.75, 3.05) is 33.0 Å². The van der Waals surface area contributed by atoms with Gasteiger partial charge in [0.1, 0.15) is 5.75 Å². The zero-order valence-electron chi connectivity index (χ0n) is 17.1. The summed E-state index contributed by atoms with van der Waals surface area (Å²) in [6.07, 6.45) is 4.91. The molecule has 0 fully saturated rings. The molecule has 10 heteroatoms. The minimum absolute atomic E-state index is 0.00929. The van der Waals surface area contributed by atoms with E-state index in [1.165, 1.54) is 37.4 Å². The SMILES string of the molecule is CC(=O)SCC([O-])=C1C=CC(=NS(=O)(=O)c2ccc(OCCCN(C)C)cc2)N=C1. The fraction of sp³-hybridized carbons (Fsp3) is 0.350. The summed E-state index contributed by atoms with van der Waals surface area (Å²) in [6, 6.07) is 6.02. The predicted molar refractivity (Wildman–Crippen MR) is 118 cm³/mol. The van der Waals surface area contributed by atoms with Crippen LogP contribution in [0.2, 0.25) is 0 Å². The Bertz CT molecular complexity index is 960. The minimum atomic E-state index is -3.95. The molecule has 0 aliphatic carbocycles. The number of nitrogens with zero attached hydrogens (tertiary/aromatic N) is 3. The first kappa shape index (κ1) is 23.8. The van der Waals surface area contributed by atoms with Crippen molar-refractivity contribution >= 4 is 39.0 Å². The number of rotatable bonds is 9. The lowest BCUT2D eigenvalue weighted by atomic mass is 10.2. The highest BCUT2D eigenvalue weighted by molar-refractivity contribution is 8.13. The largest absolute Gasteiger partial charge is 0.874 e. The summed E-state index contributed by atoms with van der Waals surface area (Å²) >= 11 is 0.906. The van der Waals surface area contributed by atoms with Crippen LogP contribution >= 0.6 is 11.8 Å². The molecule has 1 aromatic rings. The molecule has 8 nitrogen and oxygen atoms in total. The summed E-state index contributed by atoms with van der Waals surface area (Å²) in [5.74, 6) is 0.292. The zero-order chi connectivity index (χ0) is 22.1. The number of carbonyl (C=O) groups excluding carboxylic acids is 1. The van der Waals surface area contributed by atoms with Crippen LogP contribution in [-0.2, 0) is 14.8 Å². The smallest absolute Gasteiger partial charge is 0.284 e. The Morgan fingerprint density at radius 3 is 2.50 bits per heavy atom. The van der Waals surface area contributed by atoms with Gasteiger partial charge in [-0.15, -0.1) is 10.2 Å². The molecule has 1 aromatic carbocycles. The van der Waals surface area contributed by atoms with Gasteiger partial charge in [-0.1, -0.05) is 17.8 Å². The number of hydrogen-bond donors (Lipinski definition) is 0. The van der Waals surface area contributed by atoms with E-state index in [9.17, 15) is 18.3 Å². The van der Waals surface area contributed by atoms with Crippen LogP contribution in [0, 0.1) is 0 Å². The first-order valence-electron chi connectivity index (χ1n) is 9.15. The highest BCUT2D eigenvalue weighted by Crippen LogP contribution is 2.19. The van der Waals surface area contributed by atoms with Crippen molar-refractivity contribution in [1.82, 2.24) is 4.90 Å². The van der Waals surface area contributed by atoms with Crippen molar-refractivity contribution in [3.63, 3.8) is 0 Å². The molecule has 1 heterocycles. The number of sulfonamides is 1. The Hall–Kier alpha value is -2.43. The molecule has 1 aliphatic heterocycles. The lowest BCUT2D eigenvalue weighted by molar-refractivity contribution is -0.301. The zero-order valence-corrected chi connectivity index (χ0v) is 18.7. The summed E-state index contributed by atoms with van der Waals surface area (Å²) in [7, 11) is 0.0120. The summed E-state index contributed by atoms with van der Waals surface area (Å²) in [5, 5.41) is 11.8. The standard InChI is InChI=1S/C20H25N3O5S2/c1-15(24)29-14-19(25)16-5-10-20(21-13-16)22-30(26,27)18-8-6-17(7-9-18)28-12-4-11-23(2)3/h5-10,13,25H,4,11-12,14H2,1-3H3/p-1. The van der Waals surface area contributed by atoms with E-state index >= 15 is 0 Å². The van der Waals surface area contributed by atoms with Crippen LogP contribution in [0.1, 0.15) is 13.3 Å². The maximum absolute atomic E-state index is 12.5. The molecule has 0 saturated heterocycles. The van der Waals surface area contributed by atoms with Gasteiger partial charge in [0.2, 0.25) is 0 Å². The van der Waals surface area contributed by atoms with Crippen LogP contribution in [0.3, 0.4) is 0 Å². The van der Waals surface area contributed by atoms with Crippen LogP contribution < -0.4 is 9.84 Å². The van der Waals surface area contributed by atoms with Crippen molar-refractivity contribution < 1.29 is 23.1 Å². The molecular formula is C20H24N3O5S2-. The Balaban J connectivity index is 2.02. The fourth-order valence-corrected chi connectivity index (χ4v) is 3.75. The number of amidine groups is 1. The van der Waals surface area contributed by atoms with Gasteiger partial charge in [0, 0.05) is 25.4 Å². The van der Waals surface area contributed by atoms with Crippen molar-refractivity contribution in [2.45, 2.75) is 18.2 Å². The van der Waals surface area contributed by atoms with Crippen molar-refractivity contribution in [3.05, 3.63) is 47.7 Å². The van der Waals surface area contributed by atoms with Crippen LogP contribution in [0.15, 0.2) is 62.0 Å². The third kappa shape index (κ3) is 7.77. The number of benzene rings is 1. The van der Waals surface area contributed by atoms with E-state index in [2.05, 4.69) is 14.3 Å². The molecule has 0 radical (unpaired) electrons. The van der Waals surface area contributed by atoms with Gasteiger partial charge in [-0.05, 0) is 56.4 Å². The van der Waals surface area contributed by atoms with Gasteiger partial charge in [-0.3, -0.25) is 4.79 Å². The summed E-state index contributed by atoms with van der Waals surface area (Å²) < 4.78 is 34.3. The van der Waals surface area contributed by atoms with E-state index in [4.69, 9.17) is 4.74 Å². The Morgan fingerprint density at radius 1 is 1.23 bits per heavy atom. The van der Waals surface area contributed by atoms with Crippen molar-refractivity contribution in [1.29, 1.82) is 0 Å². The second-order valence-corrected chi connectivity index (χ2v) is 9.41. The number of aliphatic imine (C=N–C) groups is 1. The molecule has 0 spiro atoms. The van der Waals surface area contributed by atoms with Crippen LogP contribution in [0.25, 0.3) is 0 Å². The molecule has 0 bridgehead atoms. The third-order valence-electron chi connectivity index (χ3n) is 3.83. The van der Waals surface area contributed by atoms with E-state index in [-0.39, 0.29) is 32.9 Å². The summed E-state index contributed by atoms with van der Waals surface area (Å²) in [4.78, 5) is 16.9. The second kappa shape index (κ2) is 11.1. The average Bonchev–Trinajstić information content (AvgIpc) is 2.70. The second-order valence-electron chi connectivity index (χ2n) is 6.65. The lowest BCUT2D eigenvalue weighted by Gasteiger charge is -2.15. The topological polar surface area (TPSA) is 111 Å². The van der Waals surface area contributed by atoms with Gasteiger partial charge in [0.15, 0.2) is 11.0 Å². The average molecular weight is 451 g/mol. The molecule has 2 rings (SSSR count). The van der Waals surface area contributed by atoms with Crippen molar-refractivity contribution in [3.8, 4) is 5.75 Å². The molecule has 162 valence electrons. The van der Waals surface area contributed by atoms with Gasteiger partial charge >= 0.3 is 0 Å². The molecule has 0 unspecified atom stereocenters. The van der Waals surface area contributed by atoms with E-state index in [0.717, 1.165) is 24.7 Å². The third-order valence-corrected chi connectivity index (χ3v) is 5.94. The van der Waals surface area contributed by atoms with Gasteiger partial charge in [-0.25, -0.2) is 4.99 Å². The number of allylic oxidation sites excluding steroid dienone is 2.